The van der Waals surface area contributed by atoms with E-state index in [1.54, 1.807) is 0 Å². The Morgan fingerprint density at radius 2 is 2.33 bits per heavy atom. The first-order valence-corrected chi connectivity index (χ1v) is 7.99. The zero-order valence-electron chi connectivity index (χ0n) is 10.1. The zero-order valence-corrected chi connectivity index (χ0v) is 13.9. The summed E-state index contributed by atoms with van der Waals surface area (Å²) in [5.41, 5.74) is 2.43. The molecular formula is C13H14BrIN2O. The first kappa shape index (κ1) is 12.9. The lowest BCUT2D eigenvalue weighted by atomic mass is 10.1. The van der Waals surface area contributed by atoms with E-state index in [1.165, 1.54) is 20.9 Å². The van der Waals surface area contributed by atoms with E-state index in [2.05, 4.69) is 56.6 Å². The van der Waals surface area contributed by atoms with Gasteiger partial charge in [-0.1, -0.05) is 0 Å². The summed E-state index contributed by atoms with van der Waals surface area (Å²) >= 11 is 6.03. The first-order chi connectivity index (χ1) is 8.68. The molecule has 1 aliphatic heterocycles. The molecule has 0 saturated carbocycles. The quantitative estimate of drug-likeness (QED) is 0.639. The molecule has 3 rings (SSSR count). The molecule has 0 aliphatic carbocycles. The van der Waals surface area contributed by atoms with Gasteiger partial charge in [-0.15, -0.1) is 0 Å². The number of ether oxygens (including phenoxy) is 1. The fourth-order valence-electron chi connectivity index (χ4n) is 2.39. The number of nitrogens with zero attached hydrogens (tertiary/aromatic N) is 2. The highest BCUT2D eigenvalue weighted by atomic mass is 127. The van der Waals surface area contributed by atoms with Gasteiger partial charge in [-0.3, -0.25) is 0 Å². The summed E-state index contributed by atoms with van der Waals surface area (Å²) in [4.78, 5) is 0. The van der Waals surface area contributed by atoms with E-state index < -0.39 is 0 Å². The normalized spacial score (nSPS) is 20.5. The largest absolute Gasteiger partial charge is 0.356 e. The van der Waals surface area contributed by atoms with E-state index >= 15 is 0 Å². The van der Waals surface area contributed by atoms with Crippen molar-refractivity contribution >= 4 is 49.4 Å². The Balaban J connectivity index is 2.13. The Morgan fingerprint density at radius 1 is 1.50 bits per heavy atom. The minimum absolute atomic E-state index is 0.0996. The van der Waals surface area contributed by atoms with E-state index in [9.17, 15) is 0 Å². The van der Waals surface area contributed by atoms with Crippen LogP contribution in [-0.4, -0.2) is 16.4 Å². The molecule has 5 heteroatoms. The average Bonchev–Trinajstić information content (AvgIpc) is 2.81. The summed E-state index contributed by atoms with van der Waals surface area (Å²) in [7, 11) is 0. The van der Waals surface area contributed by atoms with Crippen LogP contribution in [0, 0.1) is 10.5 Å². The molecule has 1 fully saturated rings. The third-order valence-corrected chi connectivity index (χ3v) is 6.35. The topological polar surface area (TPSA) is 27.1 Å². The number of hydrogen-bond acceptors (Lipinski definition) is 2. The number of aryl methyl sites for hydroxylation is 1. The highest BCUT2D eigenvalue weighted by Crippen LogP contribution is 2.34. The van der Waals surface area contributed by atoms with Gasteiger partial charge in [-0.25, -0.2) is 4.68 Å². The van der Waals surface area contributed by atoms with E-state index in [4.69, 9.17) is 4.74 Å². The molecule has 2 aromatic rings. The summed E-state index contributed by atoms with van der Waals surface area (Å²) in [5.74, 6) is 0. The fraction of sp³-hybridized carbons (Fsp3) is 0.462. The lowest BCUT2D eigenvalue weighted by molar-refractivity contribution is -0.0366. The van der Waals surface area contributed by atoms with Crippen LogP contribution in [0.1, 0.15) is 31.1 Å². The third-order valence-electron chi connectivity index (χ3n) is 3.39. The Labute approximate surface area is 128 Å². The first-order valence-electron chi connectivity index (χ1n) is 6.12. The highest BCUT2D eigenvalue weighted by molar-refractivity contribution is 14.1. The number of fused-ring (bicyclic) bond motifs is 1. The van der Waals surface area contributed by atoms with Crippen LogP contribution in [0.25, 0.3) is 10.9 Å². The zero-order chi connectivity index (χ0) is 12.7. The van der Waals surface area contributed by atoms with Gasteiger partial charge < -0.3 is 4.74 Å². The molecule has 1 saturated heterocycles. The molecule has 18 heavy (non-hydrogen) atoms. The Hall–Kier alpha value is -0.140. The summed E-state index contributed by atoms with van der Waals surface area (Å²) in [6.07, 6.45) is 5.47. The van der Waals surface area contributed by atoms with Crippen molar-refractivity contribution in [3.63, 3.8) is 0 Å². The minimum atomic E-state index is 0.0996. The average molecular weight is 421 g/mol. The van der Waals surface area contributed by atoms with Crippen molar-refractivity contribution in [2.45, 2.75) is 32.4 Å². The van der Waals surface area contributed by atoms with Gasteiger partial charge in [-0.2, -0.15) is 5.10 Å². The van der Waals surface area contributed by atoms with Crippen LogP contribution in [0.4, 0.5) is 0 Å². The molecule has 0 N–H and O–H groups in total. The second-order valence-electron chi connectivity index (χ2n) is 4.66. The highest BCUT2D eigenvalue weighted by Gasteiger charge is 2.20. The Morgan fingerprint density at radius 3 is 3.06 bits per heavy atom. The SMILES string of the molecule is Cc1cc2c(cnn2C2CCCCO2)c(Br)c1I. The van der Waals surface area contributed by atoms with Crippen LogP contribution >= 0.6 is 38.5 Å². The van der Waals surface area contributed by atoms with E-state index in [0.717, 1.165) is 29.4 Å². The maximum absolute atomic E-state index is 5.82. The molecule has 0 spiro atoms. The summed E-state index contributed by atoms with van der Waals surface area (Å²) in [6.45, 7) is 2.97. The molecule has 1 aromatic carbocycles. The van der Waals surface area contributed by atoms with E-state index in [-0.39, 0.29) is 6.23 Å². The molecule has 1 atom stereocenters. The number of benzene rings is 1. The summed E-state index contributed by atoms with van der Waals surface area (Å²) in [5, 5.41) is 5.69. The Kier molecular flexibility index (Phi) is 3.64. The molecule has 0 amide bonds. The van der Waals surface area contributed by atoms with Crippen LogP contribution in [0.5, 0.6) is 0 Å². The van der Waals surface area contributed by atoms with Gasteiger partial charge >= 0.3 is 0 Å². The van der Waals surface area contributed by atoms with Crippen molar-refractivity contribution in [3.8, 4) is 0 Å². The summed E-state index contributed by atoms with van der Waals surface area (Å²) < 4.78 is 10.2. The van der Waals surface area contributed by atoms with Crippen LogP contribution in [0.2, 0.25) is 0 Å². The smallest absolute Gasteiger partial charge is 0.150 e. The predicted octanol–water partition coefficient (Wildman–Crippen LogP) is 4.41. The lowest BCUT2D eigenvalue weighted by Gasteiger charge is -2.23. The molecule has 2 heterocycles. The predicted molar refractivity (Wildman–Crippen MR) is 83.7 cm³/mol. The molecular weight excluding hydrogens is 407 g/mol. The van der Waals surface area contributed by atoms with Crippen LogP contribution in [0.3, 0.4) is 0 Å². The maximum Gasteiger partial charge on any atom is 0.150 e. The van der Waals surface area contributed by atoms with Gasteiger partial charge in [0.2, 0.25) is 0 Å². The summed E-state index contributed by atoms with van der Waals surface area (Å²) in [6, 6.07) is 2.20. The van der Waals surface area contributed by atoms with Crippen LogP contribution in [-0.2, 0) is 4.74 Å². The van der Waals surface area contributed by atoms with Crippen molar-refractivity contribution in [1.82, 2.24) is 9.78 Å². The van der Waals surface area contributed by atoms with Crippen LogP contribution in [0.15, 0.2) is 16.7 Å². The molecule has 3 nitrogen and oxygen atoms in total. The van der Waals surface area contributed by atoms with Crippen molar-refractivity contribution in [2.75, 3.05) is 6.61 Å². The number of hydrogen-bond donors (Lipinski definition) is 0. The molecule has 1 unspecified atom stereocenters. The second-order valence-corrected chi connectivity index (χ2v) is 6.54. The minimum Gasteiger partial charge on any atom is -0.356 e. The molecule has 96 valence electrons. The third kappa shape index (κ3) is 2.10. The number of halogens is 2. The van der Waals surface area contributed by atoms with Crippen molar-refractivity contribution in [2.24, 2.45) is 0 Å². The van der Waals surface area contributed by atoms with Gasteiger partial charge in [0.05, 0.1) is 11.7 Å². The lowest BCUT2D eigenvalue weighted by Crippen LogP contribution is -2.19. The van der Waals surface area contributed by atoms with E-state index in [0.29, 0.717) is 0 Å². The molecule has 1 aliphatic rings. The monoisotopic (exact) mass is 420 g/mol. The molecule has 1 aromatic heterocycles. The molecule has 0 bridgehead atoms. The van der Waals surface area contributed by atoms with Crippen molar-refractivity contribution < 1.29 is 4.74 Å². The van der Waals surface area contributed by atoms with Gasteiger partial charge in [0.25, 0.3) is 0 Å². The van der Waals surface area contributed by atoms with Gasteiger partial charge in [-0.05, 0) is 76.3 Å². The maximum atomic E-state index is 5.82. The fourth-order valence-corrected chi connectivity index (χ4v) is 3.46. The van der Waals surface area contributed by atoms with Crippen molar-refractivity contribution in [3.05, 3.63) is 25.9 Å². The van der Waals surface area contributed by atoms with E-state index in [1.807, 2.05) is 10.9 Å². The van der Waals surface area contributed by atoms with Gasteiger partial charge in [0, 0.05) is 20.0 Å². The number of aromatic nitrogens is 2. The van der Waals surface area contributed by atoms with Gasteiger partial charge in [0.1, 0.15) is 0 Å². The standard InChI is InChI=1S/C13H14BrIN2O/c1-8-6-10-9(12(14)13(8)15)7-16-17(10)11-4-2-3-5-18-11/h6-7,11H,2-5H2,1H3. The van der Waals surface area contributed by atoms with Crippen molar-refractivity contribution in [1.29, 1.82) is 0 Å². The number of rotatable bonds is 1. The second kappa shape index (κ2) is 5.09. The van der Waals surface area contributed by atoms with Gasteiger partial charge in [0.15, 0.2) is 6.23 Å². The Bertz CT molecular complexity index is 590. The van der Waals surface area contributed by atoms with Crippen LogP contribution < -0.4 is 0 Å². The molecule has 0 radical (unpaired) electrons.